The molecule has 1 unspecified atom stereocenters. The van der Waals surface area contributed by atoms with E-state index in [2.05, 4.69) is 25.9 Å². The number of benzene rings is 1. The summed E-state index contributed by atoms with van der Waals surface area (Å²) in [4.78, 5) is -1.04. The van der Waals surface area contributed by atoms with Crippen molar-refractivity contribution in [3.8, 4) is 11.4 Å². The number of hydrogen-bond donors (Lipinski definition) is 4. The van der Waals surface area contributed by atoms with Crippen molar-refractivity contribution >= 4 is 10.0 Å². The number of halogens is 3. The standard InChI is InChI=1S/C15H22F3N7O2S/c1-9(21-8-7-19)3-2-4-10-5-6-11(15(16,17)18)13(28(20,26)27)12(10)14-22-24-25-23-14/h5-6,9,21H,2-4,7-8,19H2,1H3,(H2,20,26,27)(H,22,23,24,25). The minimum atomic E-state index is -4.91. The topological polar surface area (TPSA) is 153 Å². The normalized spacial score (nSPS) is 13.6. The second-order valence-electron chi connectivity index (χ2n) is 6.31. The van der Waals surface area contributed by atoms with E-state index in [0.29, 0.717) is 37.9 Å². The molecule has 9 nitrogen and oxygen atoms in total. The zero-order chi connectivity index (χ0) is 20.9. The van der Waals surface area contributed by atoms with Crippen LogP contribution in [0.4, 0.5) is 13.2 Å². The van der Waals surface area contributed by atoms with E-state index in [1.54, 1.807) is 0 Å². The van der Waals surface area contributed by atoms with Crippen LogP contribution in [0.5, 0.6) is 0 Å². The molecule has 0 aliphatic rings. The summed E-state index contributed by atoms with van der Waals surface area (Å²) in [5, 5.41) is 20.9. The van der Waals surface area contributed by atoms with Crippen LogP contribution in [0, 0.1) is 0 Å². The van der Waals surface area contributed by atoms with Gasteiger partial charge in [0.25, 0.3) is 0 Å². The highest BCUT2D eigenvalue weighted by molar-refractivity contribution is 7.89. The molecule has 0 saturated heterocycles. The van der Waals surface area contributed by atoms with E-state index in [-0.39, 0.29) is 17.4 Å². The van der Waals surface area contributed by atoms with Gasteiger partial charge in [0, 0.05) is 24.7 Å². The van der Waals surface area contributed by atoms with Gasteiger partial charge in [-0.25, -0.2) is 18.7 Å². The molecule has 0 bridgehead atoms. The molecule has 156 valence electrons. The van der Waals surface area contributed by atoms with Crippen molar-refractivity contribution in [2.75, 3.05) is 13.1 Å². The second kappa shape index (κ2) is 8.94. The number of tetrazole rings is 1. The van der Waals surface area contributed by atoms with Gasteiger partial charge in [-0.1, -0.05) is 6.07 Å². The lowest BCUT2D eigenvalue weighted by molar-refractivity contribution is -0.139. The van der Waals surface area contributed by atoms with E-state index in [0.717, 1.165) is 6.07 Å². The van der Waals surface area contributed by atoms with Crippen LogP contribution in [0.3, 0.4) is 0 Å². The Morgan fingerprint density at radius 2 is 2.04 bits per heavy atom. The first-order chi connectivity index (χ1) is 13.1. The average Bonchev–Trinajstić information content (AvgIpc) is 3.12. The van der Waals surface area contributed by atoms with Gasteiger partial charge >= 0.3 is 6.18 Å². The summed E-state index contributed by atoms with van der Waals surface area (Å²) in [7, 11) is -4.71. The molecule has 0 aliphatic carbocycles. The van der Waals surface area contributed by atoms with Crippen LogP contribution in [-0.2, 0) is 22.6 Å². The molecule has 0 saturated carbocycles. The summed E-state index contributed by atoms with van der Waals surface area (Å²) >= 11 is 0. The van der Waals surface area contributed by atoms with E-state index in [9.17, 15) is 21.6 Å². The number of aromatic nitrogens is 4. The van der Waals surface area contributed by atoms with E-state index >= 15 is 0 Å². The summed E-state index contributed by atoms with van der Waals surface area (Å²) in [6.45, 7) is 3.09. The van der Waals surface area contributed by atoms with Crippen LogP contribution >= 0.6 is 0 Å². The Bertz CT molecular complexity index is 886. The summed E-state index contributed by atoms with van der Waals surface area (Å²) < 4.78 is 64.3. The molecule has 1 heterocycles. The maximum atomic E-state index is 13.4. The lowest BCUT2D eigenvalue weighted by atomic mass is 9.97. The lowest BCUT2D eigenvalue weighted by Crippen LogP contribution is -2.31. The summed E-state index contributed by atoms with van der Waals surface area (Å²) in [6, 6.07) is 2.09. The summed E-state index contributed by atoms with van der Waals surface area (Å²) in [5.41, 5.74) is 4.16. The molecule has 0 fully saturated rings. The number of nitrogens with zero attached hydrogens (tertiary/aromatic N) is 3. The number of H-pyrrole nitrogens is 1. The molecule has 13 heteroatoms. The Hall–Kier alpha value is -2.09. The fourth-order valence-electron chi connectivity index (χ4n) is 2.91. The van der Waals surface area contributed by atoms with Crippen LogP contribution in [0.15, 0.2) is 17.0 Å². The number of primary sulfonamides is 1. The average molecular weight is 421 g/mol. The monoisotopic (exact) mass is 421 g/mol. The third kappa shape index (κ3) is 5.47. The van der Waals surface area contributed by atoms with E-state index in [4.69, 9.17) is 10.9 Å². The molecule has 2 aromatic rings. The first-order valence-electron chi connectivity index (χ1n) is 8.49. The van der Waals surface area contributed by atoms with E-state index in [1.807, 2.05) is 6.92 Å². The van der Waals surface area contributed by atoms with Crippen LogP contribution < -0.4 is 16.2 Å². The molecule has 1 aromatic carbocycles. The van der Waals surface area contributed by atoms with Crippen molar-refractivity contribution in [1.29, 1.82) is 0 Å². The smallest absolute Gasteiger partial charge is 0.329 e. The number of rotatable bonds is 9. The number of hydrogen-bond acceptors (Lipinski definition) is 7. The largest absolute Gasteiger partial charge is 0.417 e. The van der Waals surface area contributed by atoms with Crippen molar-refractivity contribution in [3.05, 3.63) is 23.3 Å². The number of aromatic amines is 1. The number of nitrogens with one attached hydrogen (secondary N) is 2. The summed E-state index contributed by atoms with van der Waals surface area (Å²) in [6.07, 6.45) is -3.31. The van der Waals surface area contributed by atoms with Gasteiger partial charge in [-0.2, -0.15) is 13.2 Å². The number of aryl methyl sites for hydroxylation is 1. The predicted molar refractivity (Wildman–Crippen MR) is 95.4 cm³/mol. The third-order valence-electron chi connectivity index (χ3n) is 4.14. The van der Waals surface area contributed by atoms with Gasteiger partial charge in [0.2, 0.25) is 10.0 Å². The lowest BCUT2D eigenvalue weighted by Gasteiger charge is -2.18. The third-order valence-corrected chi connectivity index (χ3v) is 5.13. The van der Waals surface area contributed by atoms with Crippen molar-refractivity contribution in [3.63, 3.8) is 0 Å². The first-order valence-corrected chi connectivity index (χ1v) is 10.0. The quantitative estimate of drug-likeness (QED) is 0.467. The highest BCUT2D eigenvalue weighted by Crippen LogP contribution is 2.40. The number of nitrogens with two attached hydrogens (primary N) is 2. The van der Waals surface area contributed by atoms with Crippen LogP contribution in [-0.4, -0.2) is 48.2 Å². The molecule has 0 spiro atoms. The van der Waals surface area contributed by atoms with Gasteiger partial charge in [-0.05, 0) is 48.2 Å². The Morgan fingerprint density at radius 1 is 1.32 bits per heavy atom. The van der Waals surface area contributed by atoms with Crippen molar-refractivity contribution < 1.29 is 21.6 Å². The zero-order valence-electron chi connectivity index (χ0n) is 15.1. The molecule has 6 N–H and O–H groups in total. The molecule has 0 amide bonds. The fourth-order valence-corrected chi connectivity index (χ4v) is 3.91. The van der Waals surface area contributed by atoms with Crippen molar-refractivity contribution in [2.24, 2.45) is 10.9 Å². The minimum absolute atomic E-state index is 0.145. The predicted octanol–water partition coefficient (Wildman–Crippen LogP) is 0.792. The second-order valence-corrected chi connectivity index (χ2v) is 7.80. The molecule has 2 rings (SSSR count). The minimum Gasteiger partial charge on any atom is -0.329 e. The van der Waals surface area contributed by atoms with Gasteiger partial charge in [-0.3, -0.25) is 0 Å². The Labute approximate surface area is 160 Å². The maximum Gasteiger partial charge on any atom is 0.417 e. The molecule has 1 atom stereocenters. The van der Waals surface area contributed by atoms with Crippen molar-refractivity contribution in [1.82, 2.24) is 25.9 Å². The molecule has 0 radical (unpaired) electrons. The maximum absolute atomic E-state index is 13.4. The van der Waals surface area contributed by atoms with E-state index in [1.165, 1.54) is 6.07 Å². The van der Waals surface area contributed by atoms with Crippen LogP contribution in [0.25, 0.3) is 11.4 Å². The molecular weight excluding hydrogens is 399 g/mol. The first kappa shape index (κ1) is 22.2. The van der Waals surface area contributed by atoms with Gasteiger partial charge < -0.3 is 11.1 Å². The van der Waals surface area contributed by atoms with Gasteiger partial charge in [0.15, 0.2) is 5.82 Å². The van der Waals surface area contributed by atoms with Crippen molar-refractivity contribution in [2.45, 2.75) is 43.3 Å². The van der Waals surface area contributed by atoms with Crippen LogP contribution in [0.2, 0.25) is 0 Å². The Balaban J connectivity index is 2.47. The van der Waals surface area contributed by atoms with Gasteiger partial charge in [0.05, 0.1) is 5.56 Å². The molecule has 1 aromatic heterocycles. The van der Waals surface area contributed by atoms with Crippen LogP contribution in [0.1, 0.15) is 30.9 Å². The SMILES string of the molecule is CC(CCCc1ccc(C(F)(F)F)c(S(N)(=O)=O)c1-c1nnn[nH]1)NCCN. The number of sulfonamides is 1. The molecule has 28 heavy (non-hydrogen) atoms. The highest BCUT2D eigenvalue weighted by Gasteiger charge is 2.39. The number of alkyl halides is 3. The van der Waals surface area contributed by atoms with Gasteiger partial charge in [0.1, 0.15) is 4.90 Å². The Morgan fingerprint density at radius 3 is 2.57 bits per heavy atom. The van der Waals surface area contributed by atoms with E-state index < -0.39 is 26.7 Å². The highest BCUT2D eigenvalue weighted by atomic mass is 32.2. The molecular formula is C15H22F3N7O2S. The summed E-state index contributed by atoms with van der Waals surface area (Å²) in [5.74, 6) is -0.195. The van der Waals surface area contributed by atoms with Gasteiger partial charge in [-0.15, -0.1) is 5.10 Å². The Kier molecular flexibility index (Phi) is 7.09. The zero-order valence-corrected chi connectivity index (χ0v) is 15.9. The fraction of sp³-hybridized carbons (Fsp3) is 0.533. The molecule has 0 aliphatic heterocycles.